The maximum atomic E-state index is 13.0. The van der Waals surface area contributed by atoms with Gasteiger partial charge in [0.2, 0.25) is 0 Å². The largest absolute Gasteiger partial charge is 0.504 e. The summed E-state index contributed by atoms with van der Waals surface area (Å²) in [5, 5.41) is 105. The van der Waals surface area contributed by atoms with Gasteiger partial charge in [-0.1, -0.05) is 12.1 Å². The molecule has 20 nitrogen and oxygen atoms in total. The van der Waals surface area contributed by atoms with Crippen molar-refractivity contribution in [3.63, 3.8) is 0 Å². The van der Waals surface area contributed by atoms with Gasteiger partial charge < -0.3 is 93.7 Å². The Morgan fingerprint density at radius 1 is 0.702 bits per heavy atom. The van der Waals surface area contributed by atoms with Gasteiger partial charge in [-0.25, -0.2) is 4.79 Å². The molecule has 3 heterocycles. The Morgan fingerprint density at radius 2 is 1.35 bits per heavy atom. The molecule has 2 aromatic carbocycles. The number of hydrogen-bond donors (Lipinski definition) is 10. The fraction of sp³-hybridized carbons (Fsp3) is 0.595. The summed E-state index contributed by atoms with van der Waals surface area (Å²) in [6.07, 6.45) is -22.5. The van der Waals surface area contributed by atoms with E-state index in [0.29, 0.717) is 11.1 Å². The highest BCUT2D eigenvalue weighted by molar-refractivity contribution is 5.87. The molecule has 0 bridgehead atoms. The van der Waals surface area contributed by atoms with Crippen LogP contribution in [0.25, 0.3) is 6.08 Å². The normalized spacial score (nSPS) is 35.9. The molecule has 15 atom stereocenters. The first-order chi connectivity index (χ1) is 27.2. The van der Waals surface area contributed by atoms with Crippen LogP contribution in [0, 0.1) is 0 Å². The number of carbonyl (C=O) groups excluding carboxylic acids is 1. The summed E-state index contributed by atoms with van der Waals surface area (Å²) in [5.74, 6) is -0.767. The molecule has 0 aromatic heterocycles. The number of phenolic OH excluding ortho intramolecular Hbond substituents is 2. The monoisotopic (exact) mass is 814 g/mol. The number of aromatic hydroxyl groups is 2. The van der Waals surface area contributed by atoms with Gasteiger partial charge in [-0.2, -0.15) is 0 Å². The van der Waals surface area contributed by atoms with Crippen molar-refractivity contribution in [3.8, 4) is 23.0 Å². The van der Waals surface area contributed by atoms with Crippen LogP contribution in [0.1, 0.15) is 18.1 Å². The third-order valence-electron chi connectivity index (χ3n) is 9.78. The fourth-order valence-electron chi connectivity index (χ4n) is 6.46. The van der Waals surface area contributed by atoms with Gasteiger partial charge in [0.15, 0.2) is 41.9 Å². The molecule has 3 saturated heterocycles. The number of rotatable bonds is 15. The highest BCUT2D eigenvalue weighted by Gasteiger charge is 2.54. The molecule has 3 aliphatic rings. The van der Waals surface area contributed by atoms with Crippen LogP contribution in [0.3, 0.4) is 0 Å². The molecule has 15 unspecified atom stereocenters. The highest BCUT2D eigenvalue weighted by Crippen LogP contribution is 2.35. The lowest BCUT2D eigenvalue weighted by Gasteiger charge is -2.49. The third-order valence-corrected chi connectivity index (χ3v) is 9.78. The molecule has 0 radical (unpaired) electrons. The van der Waals surface area contributed by atoms with Crippen LogP contribution in [0.15, 0.2) is 42.5 Å². The van der Waals surface area contributed by atoms with E-state index in [0.717, 1.165) is 6.08 Å². The molecule has 0 aliphatic carbocycles. The van der Waals surface area contributed by atoms with E-state index in [1.165, 1.54) is 51.5 Å². The molecule has 57 heavy (non-hydrogen) atoms. The first-order valence-corrected chi connectivity index (χ1v) is 18.0. The zero-order valence-corrected chi connectivity index (χ0v) is 31.2. The van der Waals surface area contributed by atoms with Crippen LogP contribution in [0.4, 0.5) is 0 Å². The summed E-state index contributed by atoms with van der Waals surface area (Å²) in [4.78, 5) is 13.0. The van der Waals surface area contributed by atoms with Gasteiger partial charge in [0.05, 0.1) is 33.5 Å². The maximum absolute atomic E-state index is 13.0. The van der Waals surface area contributed by atoms with Crippen LogP contribution in [-0.2, 0) is 44.4 Å². The average Bonchev–Trinajstić information content (AvgIpc) is 3.20. The summed E-state index contributed by atoms with van der Waals surface area (Å²) in [5.41, 5.74) is 1.07. The summed E-state index contributed by atoms with van der Waals surface area (Å²) in [7, 11) is 2.75. The maximum Gasteiger partial charge on any atom is 0.330 e. The van der Waals surface area contributed by atoms with Gasteiger partial charge in [0.25, 0.3) is 0 Å². The average molecular weight is 815 g/mol. The van der Waals surface area contributed by atoms with Crippen molar-refractivity contribution in [1.29, 1.82) is 0 Å². The molecule has 5 rings (SSSR count). The fourth-order valence-corrected chi connectivity index (χ4v) is 6.46. The zero-order chi connectivity index (χ0) is 41.6. The van der Waals surface area contributed by atoms with Gasteiger partial charge in [0, 0.05) is 6.08 Å². The topological polar surface area (TPSA) is 302 Å². The molecule has 0 amide bonds. The molecule has 10 N–H and O–H groups in total. The van der Waals surface area contributed by atoms with Crippen molar-refractivity contribution < 1.29 is 98.5 Å². The number of methoxy groups -OCH3 is 2. The highest BCUT2D eigenvalue weighted by atomic mass is 16.8. The van der Waals surface area contributed by atoms with Gasteiger partial charge in [-0.3, -0.25) is 0 Å². The number of ether oxygens (including phenoxy) is 9. The van der Waals surface area contributed by atoms with E-state index in [1.807, 2.05) is 0 Å². The number of aliphatic hydroxyl groups is 8. The number of aliphatic hydroxyl groups excluding tert-OH is 8. The van der Waals surface area contributed by atoms with Crippen molar-refractivity contribution in [1.82, 2.24) is 0 Å². The molecule has 3 fully saturated rings. The first kappa shape index (κ1) is 44.4. The smallest absolute Gasteiger partial charge is 0.330 e. The zero-order valence-electron chi connectivity index (χ0n) is 31.2. The van der Waals surface area contributed by atoms with Crippen LogP contribution >= 0.6 is 0 Å². The molecule has 318 valence electrons. The minimum atomic E-state index is -1.95. The standard InChI is InChI=1S/C37H50O20/c1-16-26(42)28(44)30(46)36(53-16)57-34-32(48)35(51-11-10-18-5-8-21(49-2)20(40)12-18)55-24(33(34)56-37-31(47)29(45)27(43)23(14-38)54-37)15-52-25(41)9-6-17-4-7-19(39)22(13-17)50-3/h4-9,12-13,16,23-24,26-40,42-48H,10-11,14-15H2,1-3H3. The lowest BCUT2D eigenvalue weighted by Crippen LogP contribution is -2.67. The molecular formula is C37H50O20. The second-order valence-electron chi connectivity index (χ2n) is 13.6. The second kappa shape index (κ2) is 19.8. The Kier molecular flexibility index (Phi) is 15.4. The summed E-state index contributed by atoms with van der Waals surface area (Å²) in [6.45, 7) is -0.203. The third kappa shape index (κ3) is 10.5. The summed E-state index contributed by atoms with van der Waals surface area (Å²) < 4.78 is 50.9. The van der Waals surface area contributed by atoms with E-state index in [4.69, 9.17) is 42.6 Å². The number of benzene rings is 2. The van der Waals surface area contributed by atoms with Crippen LogP contribution in [0.5, 0.6) is 23.0 Å². The minimum absolute atomic E-state index is 0.124. The summed E-state index contributed by atoms with van der Waals surface area (Å²) >= 11 is 0. The first-order valence-electron chi connectivity index (χ1n) is 18.0. The lowest BCUT2D eigenvalue weighted by atomic mass is 9.96. The number of phenols is 2. The van der Waals surface area contributed by atoms with E-state index < -0.39 is 111 Å². The second-order valence-corrected chi connectivity index (χ2v) is 13.6. The molecule has 3 aliphatic heterocycles. The van der Waals surface area contributed by atoms with Crippen LogP contribution in [-0.4, -0.2) is 183 Å². The predicted octanol–water partition coefficient (Wildman–Crippen LogP) is -2.59. The quantitative estimate of drug-likeness (QED) is 0.0652. The van der Waals surface area contributed by atoms with E-state index in [2.05, 4.69) is 0 Å². The predicted molar refractivity (Wildman–Crippen MR) is 190 cm³/mol. The van der Waals surface area contributed by atoms with Crippen LogP contribution < -0.4 is 9.47 Å². The van der Waals surface area contributed by atoms with Gasteiger partial charge in [0.1, 0.15) is 73.8 Å². The van der Waals surface area contributed by atoms with Crippen molar-refractivity contribution in [2.75, 3.05) is 34.0 Å². The Hall–Kier alpha value is -3.71. The van der Waals surface area contributed by atoms with Crippen molar-refractivity contribution in [3.05, 3.63) is 53.6 Å². The lowest BCUT2D eigenvalue weighted by molar-refractivity contribution is -0.385. The van der Waals surface area contributed by atoms with E-state index >= 15 is 0 Å². The van der Waals surface area contributed by atoms with Crippen molar-refractivity contribution in [2.45, 2.75) is 105 Å². The summed E-state index contributed by atoms with van der Waals surface area (Å²) in [6, 6.07) is 8.99. The van der Waals surface area contributed by atoms with E-state index in [1.54, 1.807) is 12.1 Å². The number of carbonyl (C=O) groups is 1. The van der Waals surface area contributed by atoms with E-state index in [9.17, 15) is 55.9 Å². The van der Waals surface area contributed by atoms with Gasteiger partial charge in [-0.15, -0.1) is 0 Å². The van der Waals surface area contributed by atoms with Crippen LogP contribution in [0.2, 0.25) is 0 Å². The van der Waals surface area contributed by atoms with Gasteiger partial charge >= 0.3 is 5.97 Å². The SMILES string of the molecule is COc1ccc(CCOC2OC(COC(=O)C=Cc3ccc(O)c(OC)c3)C(OC3OC(CO)C(O)C(O)C3O)C(OC3OC(C)C(O)C(O)C3O)C2O)cc1O. The molecule has 2 aromatic rings. The minimum Gasteiger partial charge on any atom is -0.504 e. The Labute approximate surface area is 326 Å². The Morgan fingerprint density at radius 3 is 2.02 bits per heavy atom. The molecule has 20 heteroatoms. The van der Waals surface area contributed by atoms with Gasteiger partial charge in [-0.05, 0) is 54.8 Å². The number of hydrogen-bond acceptors (Lipinski definition) is 20. The number of esters is 1. The Bertz CT molecular complexity index is 1640. The van der Waals surface area contributed by atoms with Crippen molar-refractivity contribution in [2.24, 2.45) is 0 Å². The van der Waals surface area contributed by atoms with E-state index in [-0.39, 0.29) is 36.0 Å². The molecule has 0 spiro atoms. The van der Waals surface area contributed by atoms with Crippen molar-refractivity contribution >= 4 is 12.0 Å². The molecular weight excluding hydrogens is 764 g/mol. The Balaban J connectivity index is 1.43. The molecule has 0 saturated carbocycles.